The molecule has 3 rings (SSSR count). The van der Waals surface area contributed by atoms with Gasteiger partial charge in [0.2, 0.25) is 0 Å². The van der Waals surface area contributed by atoms with Gasteiger partial charge in [0.25, 0.3) is 5.91 Å². The molecule has 1 heterocycles. The lowest BCUT2D eigenvalue weighted by atomic mass is 10.1. The number of rotatable bonds is 4. The fourth-order valence-corrected chi connectivity index (χ4v) is 2.24. The lowest BCUT2D eigenvalue weighted by Crippen LogP contribution is -2.22. The lowest BCUT2D eigenvalue weighted by molar-refractivity contribution is 0.0956. The number of hydrogen-bond donors (Lipinski definition) is 2. The molecule has 5 nitrogen and oxygen atoms in total. The minimum Gasteiger partial charge on any atom is -0.398 e. The van der Waals surface area contributed by atoms with E-state index in [9.17, 15) is 4.79 Å². The third-order valence-corrected chi connectivity index (χ3v) is 3.43. The van der Waals surface area contributed by atoms with Gasteiger partial charge in [0, 0.05) is 17.4 Å². The fraction of sp³-hybridized carbons (Fsp3) is 0. The van der Waals surface area contributed by atoms with E-state index in [0.717, 1.165) is 5.56 Å². The summed E-state index contributed by atoms with van der Waals surface area (Å²) in [5, 5.41) is 4.28. The molecule has 0 aliphatic carbocycles. The molecule has 0 fully saturated rings. The van der Waals surface area contributed by atoms with Crippen LogP contribution in [0.4, 0.5) is 5.69 Å². The van der Waals surface area contributed by atoms with Crippen molar-refractivity contribution in [1.29, 1.82) is 0 Å². The Hall–Kier alpha value is -3.47. The van der Waals surface area contributed by atoms with E-state index in [4.69, 9.17) is 5.73 Å². The standard InChI is InChI=1S/C19H16N4O/c20-16-11-5-4-10-15(16)19(24)23-22-18(14-8-2-1-3-9-14)17-12-6-7-13-21-17/h1-13H,20H2,(H,23,24)/b22-18+. The van der Waals surface area contributed by atoms with Crippen molar-refractivity contribution in [2.24, 2.45) is 5.10 Å². The van der Waals surface area contributed by atoms with Crippen LogP contribution in [0.5, 0.6) is 0 Å². The number of hydrazone groups is 1. The third kappa shape index (κ3) is 3.47. The number of carbonyl (C=O) groups is 1. The molecule has 0 unspecified atom stereocenters. The number of para-hydroxylation sites is 1. The molecule has 0 aliphatic heterocycles. The second kappa shape index (κ2) is 7.19. The van der Waals surface area contributed by atoms with Crippen LogP contribution in [0.1, 0.15) is 21.6 Å². The summed E-state index contributed by atoms with van der Waals surface area (Å²) in [4.78, 5) is 16.6. The van der Waals surface area contributed by atoms with Gasteiger partial charge >= 0.3 is 0 Å². The van der Waals surface area contributed by atoms with E-state index >= 15 is 0 Å². The minimum atomic E-state index is -0.363. The van der Waals surface area contributed by atoms with E-state index in [1.54, 1.807) is 30.5 Å². The third-order valence-electron chi connectivity index (χ3n) is 3.43. The minimum absolute atomic E-state index is 0.363. The van der Waals surface area contributed by atoms with Gasteiger partial charge < -0.3 is 5.73 Å². The average molecular weight is 316 g/mol. The predicted octanol–water partition coefficient (Wildman–Crippen LogP) is 2.85. The Balaban J connectivity index is 1.93. The second-order valence-electron chi connectivity index (χ2n) is 5.07. The first-order valence-electron chi connectivity index (χ1n) is 7.45. The zero-order valence-electron chi connectivity index (χ0n) is 12.9. The molecule has 118 valence electrons. The molecule has 1 amide bonds. The monoisotopic (exact) mass is 316 g/mol. The molecule has 0 spiro atoms. The molecular formula is C19H16N4O. The van der Waals surface area contributed by atoms with Crippen LogP contribution in [-0.2, 0) is 0 Å². The van der Waals surface area contributed by atoms with Gasteiger partial charge in [-0.05, 0) is 24.3 Å². The van der Waals surface area contributed by atoms with Crippen molar-refractivity contribution in [2.45, 2.75) is 0 Å². The topological polar surface area (TPSA) is 80.4 Å². The maximum absolute atomic E-state index is 12.3. The zero-order valence-corrected chi connectivity index (χ0v) is 12.9. The molecule has 0 aliphatic rings. The highest BCUT2D eigenvalue weighted by Crippen LogP contribution is 2.11. The van der Waals surface area contributed by atoms with E-state index in [1.807, 2.05) is 48.5 Å². The van der Waals surface area contributed by atoms with Crippen LogP contribution < -0.4 is 11.2 Å². The van der Waals surface area contributed by atoms with Gasteiger partial charge in [-0.1, -0.05) is 48.5 Å². The lowest BCUT2D eigenvalue weighted by Gasteiger charge is -2.08. The number of pyridine rings is 1. The summed E-state index contributed by atoms with van der Waals surface area (Å²) in [5.74, 6) is -0.363. The number of benzene rings is 2. The van der Waals surface area contributed by atoms with Crippen LogP contribution in [0.25, 0.3) is 0 Å². The first kappa shape index (κ1) is 15.4. The highest BCUT2D eigenvalue weighted by Gasteiger charge is 2.11. The molecule has 24 heavy (non-hydrogen) atoms. The molecule has 5 heteroatoms. The largest absolute Gasteiger partial charge is 0.398 e. The second-order valence-corrected chi connectivity index (χ2v) is 5.07. The van der Waals surface area contributed by atoms with E-state index in [-0.39, 0.29) is 5.91 Å². The fourth-order valence-electron chi connectivity index (χ4n) is 2.24. The van der Waals surface area contributed by atoms with Crippen molar-refractivity contribution in [3.63, 3.8) is 0 Å². The van der Waals surface area contributed by atoms with Crippen molar-refractivity contribution in [3.8, 4) is 0 Å². The smallest absolute Gasteiger partial charge is 0.273 e. The molecule has 0 radical (unpaired) electrons. The van der Waals surface area contributed by atoms with Crippen LogP contribution in [0.15, 0.2) is 84.1 Å². The number of hydrogen-bond acceptors (Lipinski definition) is 4. The summed E-state index contributed by atoms with van der Waals surface area (Å²) in [5.41, 5.74) is 11.3. The summed E-state index contributed by atoms with van der Waals surface area (Å²) >= 11 is 0. The molecule has 2 aromatic carbocycles. The summed E-state index contributed by atoms with van der Waals surface area (Å²) in [7, 11) is 0. The van der Waals surface area contributed by atoms with Crippen LogP contribution in [0, 0.1) is 0 Å². The Bertz CT molecular complexity index is 819. The Morgan fingerprint density at radius 3 is 2.33 bits per heavy atom. The molecular weight excluding hydrogens is 300 g/mol. The quantitative estimate of drug-likeness (QED) is 0.441. The normalized spacial score (nSPS) is 11.1. The van der Waals surface area contributed by atoms with Crippen molar-refractivity contribution < 1.29 is 4.79 Å². The van der Waals surface area contributed by atoms with Crippen LogP contribution in [-0.4, -0.2) is 16.6 Å². The number of anilines is 1. The van der Waals surface area contributed by atoms with Gasteiger partial charge in [0.1, 0.15) is 5.71 Å². The van der Waals surface area contributed by atoms with Gasteiger partial charge in [-0.3, -0.25) is 9.78 Å². The summed E-state index contributed by atoms with van der Waals surface area (Å²) in [6.07, 6.45) is 1.69. The van der Waals surface area contributed by atoms with Crippen LogP contribution >= 0.6 is 0 Å². The van der Waals surface area contributed by atoms with Crippen molar-refractivity contribution in [3.05, 3.63) is 95.8 Å². The van der Waals surface area contributed by atoms with E-state index < -0.39 is 0 Å². The van der Waals surface area contributed by atoms with Gasteiger partial charge in [-0.2, -0.15) is 5.10 Å². The van der Waals surface area contributed by atoms with Gasteiger partial charge in [0.15, 0.2) is 0 Å². The molecule has 1 aromatic heterocycles. The van der Waals surface area contributed by atoms with Crippen LogP contribution in [0.2, 0.25) is 0 Å². The van der Waals surface area contributed by atoms with Crippen molar-refractivity contribution in [1.82, 2.24) is 10.4 Å². The number of nitrogens with zero attached hydrogens (tertiary/aromatic N) is 2. The summed E-state index contributed by atoms with van der Waals surface area (Å²) in [6.45, 7) is 0. The summed E-state index contributed by atoms with van der Waals surface area (Å²) < 4.78 is 0. The molecule has 0 bridgehead atoms. The first-order valence-corrected chi connectivity index (χ1v) is 7.45. The molecule has 0 saturated carbocycles. The number of amides is 1. The highest BCUT2D eigenvalue weighted by molar-refractivity contribution is 6.12. The Morgan fingerprint density at radius 1 is 0.917 bits per heavy atom. The molecule has 0 atom stereocenters. The maximum atomic E-state index is 12.3. The SMILES string of the molecule is Nc1ccccc1C(=O)N/N=C(\c1ccccc1)c1ccccn1. The number of nitrogens with two attached hydrogens (primary N) is 1. The number of nitrogen functional groups attached to an aromatic ring is 1. The molecule has 3 N–H and O–H groups in total. The molecule has 0 saturated heterocycles. The van der Waals surface area contributed by atoms with E-state index in [1.165, 1.54) is 0 Å². The van der Waals surface area contributed by atoms with E-state index in [0.29, 0.717) is 22.7 Å². The number of aromatic nitrogens is 1. The van der Waals surface area contributed by atoms with Crippen molar-refractivity contribution in [2.75, 3.05) is 5.73 Å². The number of nitrogens with one attached hydrogen (secondary N) is 1. The average Bonchev–Trinajstić information content (AvgIpc) is 2.64. The Morgan fingerprint density at radius 2 is 1.62 bits per heavy atom. The predicted molar refractivity (Wildman–Crippen MR) is 94.6 cm³/mol. The highest BCUT2D eigenvalue weighted by atomic mass is 16.2. The first-order chi connectivity index (χ1) is 11.8. The van der Waals surface area contributed by atoms with Gasteiger partial charge in [-0.15, -0.1) is 0 Å². The van der Waals surface area contributed by atoms with Crippen molar-refractivity contribution >= 4 is 17.3 Å². The van der Waals surface area contributed by atoms with Gasteiger partial charge in [0.05, 0.1) is 11.3 Å². The molecule has 3 aromatic rings. The number of carbonyl (C=O) groups excluding carboxylic acids is 1. The summed E-state index contributed by atoms with van der Waals surface area (Å²) in [6, 6.07) is 22.0. The maximum Gasteiger partial charge on any atom is 0.273 e. The Labute approximate surface area is 139 Å². The van der Waals surface area contributed by atoms with E-state index in [2.05, 4.69) is 15.5 Å². The van der Waals surface area contributed by atoms with Crippen LogP contribution in [0.3, 0.4) is 0 Å². The van der Waals surface area contributed by atoms with Gasteiger partial charge in [-0.25, -0.2) is 5.43 Å². The zero-order chi connectivity index (χ0) is 16.8. The Kier molecular flexibility index (Phi) is 4.62.